The Morgan fingerprint density at radius 3 is 1.77 bits per heavy atom. The van der Waals surface area contributed by atoms with Gasteiger partial charge in [0.1, 0.15) is 71.8 Å². The van der Waals surface area contributed by atoms with E-state index in [1.807, 2.05) is 144 Å². The van der Waals surface area contributed by atoms with Gasteiger partial charge in [-0.25, -0.2) is 0 Å². The fourth-order valence-electron chi connectivity index (χ4n) is 8.21. The maximum Gasteiger partial charge on any atom is 0.305 e. The Hall–Kier alpha value is -3.36. The fraction of sp³-hybridized carbons (Fsp3) is 0.500. The second-order valence-corrected chi connectivity index (χ2v) is 16.9. The van der Waals surface area contributed by atoms with E-state index < -0.39 is 67.7 Å². The molecule has 3 aliphatic rings. The van der Waals surface area contributed by atoms with Gasteiger partial charge < -0.3 is 55.5 Å². The molecule has 1 unspecified atom stereocenters. The van der Waals surface area contributed by atoms with Gasteiger partial charge in [0, 0.05) is 18.6 Å². The van der Waals surface area contributed by atoms with Crippen LogP contribution in [0.25, 0.3) is 0 Å². The van der Waals surface area contributed by atoms with Crippen LogP contribution in [0, 0.1) is 0 Å². The molecule has 4 aromatic carbocycles. The molecular formula is C50H61IO13. The van der Waals surface area contributed by atoms with Crippen molar-refractivity contribution in [3.63, 3.8) is 0 Å². The Morgan fingerprint density at radius 1 is 0.625 bits per heavy atom. The highest BCUT2D eigenvalue weighted by molar-refractivity contribution is 14.1. The van der Waals surface area contributed by atoms with Crippen LogP contribution in [-0.2, 0) is 75.1 Å². The summed E-state index contributed by atoms with van der Waals surface area (Å²) in [6.45, 7) is 1.44. The first-order valence-electron chi connectivity index (χ1n) is 22.4. The summed E-state index contributed by atoms with van der Waals surface area (Å²) in [6, 6.07) is 39.3. The summed E-state index contributed by atoms with van der Waals surface area (Å²) in [4.78, 5) is 11.5. The molecule has 0 aromatic heterocycles. The quantitative estimate of drug-likeness (QED) is 0.0409. The second kappa shape index (κ2) is 26.1. The van der Waals surface area contributed by atoms with Crippen LogP contribution >= 0.6 is 23.0 Å². The van der Waals surface area contributed by atoms with Gasteiger partial charge in [-0.05, 0) is 29.5 Å². The summed E-state index contributed by atoms with van der Waals surface area (Å²) in [5.74, 6) is -0.181. The first-order chi connectivity index (χ1) is 31.5. The molecule has 346 valence electrons. The third kappa shape index (κ3) is 14.1. The smallest absolute Gasteiger partial charge is 0.305 e. The standard InChI is InChI=1S/C50H61IO13/c1-54-41(52)28-18-4-2-3-5-19-29-55-49-45(42(53)43-39(61-49)33-59-48(63-43)38-26-16-9-17-27-38)64-50-47(58-32-37-24-14-8-15-25-37)46(57-31-36-22-12-7-13-23-36)44(40(62-50)34-60-51)56-30-35-20-10-6-11-21-35/h6-17,20-27,39-40,42-50,53H,2-5,18-19,28-34H2,1H3/t39-,40-,42+,43-,44-,45-,46+,47-,48?,49+,50-/m1/s1. The van der Waals surface area contributed by atoms with E-state index in [0.29, 0.717) is 19.6 Å². The van der Waals surface area contributed by atoms with Gasteiger partial charge in [-0.2, -0.15) is 0 Å². The maximum atomic E-state index is 12.4. The number of halogens is 1. The zero-order valence-electron chi connectivity index (χ0n) is 36.3. The highest BCUT2D eigenvalue weighted by Crippen LogP contribution is 2.38. The molecular weight excluding hydrogens is 935 g/mol. The Bertz CT molecular complexity index is 1900. The van der Waals surface area contributed by atoms with E-state index in [-0.39, 0.29) is 32.4 Å². The maximum absolute atomic E-state index is 12.4. The van der Waals surface area contributed by atoms with E-state index in [2.05, 4.69) is 0 Å². The van der Waals surface area contributed by atoms with Crippen molar-refractivity contribution in [1.82, 2.24) is 0 Å². The molecule has 0 spiro atoms. The molecule has 13 nitrogen and oxygen atoms in total. The van der Waals surface area contributed by atoms with Crippen molar-refractivity contribution in [3.8, 4) is 0 Å². The Kier molecular flexibility index (Phi) is 19.8. The Morgan fingerprint density at radius 2 is 1.17 bits per heavy atom. The zero-order valence-corrected chi connectivity index (χ0v) is 38.5. The summed E-state index contributed by atoms with van der Waals surface area (Å²) in [5.41, 5.74) is 3.72. The number of aliphatic hydroxyl groups excluding tert-OH is 1. The monoisotopic (exact) mass is 996 g/mol. The van der Waals surface area contributed by atoms with Gasteiger partial charge in [-0.3, -0.25) is 4.79 Å². The van der Waals surface area contributed by atoms with Crippen LogP contribution in [0.2, 0.25) is 0 Å². The molecule has 0 saturated carbocycles. The van der Waals surface area contributed by atoms with Crippen LogP contribution in [0.15, 0.2) is 121 Å². The van der Waals surface area contributed by atoms with Crippen LogP contribution in [-0.4, -0.2) is 99.4 Å². The van der Waals surface area contributed by atoms with Gasteiger partial charge in [-0.15, -0.1) is 0 Å². The predicted octanol–water partition coefficient (Wildman–Crippen LogP) is 8.34. The molecule has 0 bridgehead atoms. The van der Waals surface area contributed by atoms with E-state index in [4.69, 9.17) is 50.4 Å². The number of carbonyl (C=O) groups is 1. The lowest BCUT2D eigenvalue weighted by atomic mass is 9.96. The van der Waals surface area contributed by atoms with Crippen LogP contribution in [0.4, 0.5) is 0 Å². The van der Waals surface area contributed by atoms with E-state index in [1.54, 1.807) is 0 Å². The molecule has 0 amide bonds. The molecule has 1 N–H and O–H groups in total. The number of hydrogen-bond acceptors (Lipinski definition) is 13. The topological polar surface area (TPSA) is 139 Å². The van der Waals surface area contributed by atoms with Gasteiger partial charge >= 0.3 is 5.97 Å². The molecule has 7 rings (SSSR count). The average molecular weight is 997 g/mol. The van der Waals surface area contributed by atoms with Crippen molar-refractivity contribution in [2.45, 2.75) is 132 Å². The first kappa shape index (κ1) is 48.6. The highest BCUT2D eigenvalue weighted by Gasteiger charge is 2.55. The summed E-state index contributed by atoms with van der Waals surface area (Å²) in [5, 5.41) is 12.4. The third-order valence-corrected chi connectivity index (χ3v) is 12.0. The summed E-state index contributed by atoms with van der Waals surface area (Å²) in [7, 11) is 1.41. The molecule has 3 heterocycles. The minimum atomic E-state index is -1.22. The molecule has 11 atom stereocenters. The molecule has 64 heavy (non-hydrogen) atoms. The molecule has 3 fully saturated rings. The molecule has 4 aromatic rings. The summed E-state index contributed by atoms with van der Waals surface area (Å²) >= 11 is 1.86. The van der Waals surface area contributed by atoms with Crippen LogP contribution in [0.3, 0.4) is 0 Å². The van der Waals surface area contributed by atoms with Gasteiger partial charge in [-0.1, -0.05) is 147 Å². The number of unbranched alkanes of at least 4 members (excludes halogenated alkanes) is 5. The number of rotatable bonds is 24. The molecule has 0 radical (unpaired) electrons. The molecule has 3 aliphatic heterocycles. The van der Waals surface area contributed by atoms with Gasteiger partial charge in [0.15, 0.2) is 18.9 Å². The number of esters is 1. The van der Waals surface area contributed by atoms with Crippen molar-refractivity contribution >= 4 is 29.0 Å². The van der Waals surface area contributed by atoms with Crippen molar-refractivity contribution in [2.24, 2.45) is 0 Å². The van der Waals surface area contributed by atoms with E-state index in [1.165, 1.54) is 7.11 Å². The number of hydrogen-bond donors (Lipinski definition) is 1. The van der Waals surface area contributed by atoms with E-state index >= 15 is 0 Å². The second-order valence-electron chi connectivity index (χ2n) is 16.2. The van der Waals surface area contributed by atoms with Crippen molar-refractivity contribution in [1.29, 1.82) is 0 Å². The zero-order chi connectivity index (χ0) is 44.4. The Labute approximate surface area is 390 Å². The minimum absolute atomic E-state index is 0.146. The summed E-state index contributed by atoms with van der Waals surface area (Å²) < 4.78 is 70.4. The number of aliphatic hydroxyl groups is 1. The molecule has 14 heteroatoms. The Balaban J connectivity index is 1.14. The van der Waals surface area contributed by atoms with Crippen LogP contribution < -0.4 is 0 Å². The van der Waals surface area contributed by atoms with Crippen LogP contribution in [0.1, 0.15) is 73.5 Å². The number of carbonyl (C=O) groups excluding carboxylic acids is 1. The fourth-order valence-corrected chi connectivity index (χ4v) is 8.57. The van der Waals surface area contributed by atoms with E-state index in [0.717, 1.165) is 60.8 Å². The molecule has 3 saturated heterocycles. The van der Waals surface area contributed by atoms with Crippen molar-refractivity contribution in [2.75, 3.05) is 26.9 Å². The largest absolute Gasteiger partial charge is 0.469 e. The third-order valence-electron chi connectivity index (χ3n) is 11.6. The average Bonchev–Trinajstić information content (AvgIpc) is 3.34. The van der Waals surface area contributed by atoms with Gasteiger partial charge in [0.05, 0.1) is 40.1 Å². The number of fused-ring (bicyclic) bond motifs is 1. The number of benzene rings is 4. The van der Waals surface area contributed by atoms with Crippen molar-refractivity contribution in [3.05, 3.63) is 144 Å². The summed E-state index contributed by atoms with van der Waals surface area (Å²) in [6.07, 6.45) is -3.69. The minimum Gasteiger partial charge on any atom is -0.469 e. The lowest BCUT2D eigenvalue weighted by Gasteiger charge is -2.50. The highest BCUT2D eigenvalue weighted by atomic mass is 127. The predicted molar refractivity (Wildman–Crippen MR) is 244 cm³/mol. The lowest BCUT2D eigenvalue weighted by molar-refractivity contribution is -0.397. The van der Waals surface area contributed by atoms with Gasteiger partial charge in [0.2, 0.25) is 0 Å². The molecule has 0 aliphatic carbocycles. The normalized spacial score (nSPS) is 28.0. The number of methoxy groups -OCH3 is 1. The van der Waals surface area contributed by atoms with E-state index in [9.17, 15) is 9.90 Å². The van der Waals surface area contributed by atoms with Crippen LogP contribution in [0.5, 0.6) is 0 Å². The number of ether oxygens (including phenoxy) is 10. The lowest BCUT2D eigenvalue weighted by Crippen LogP contribution is -2.66. The first-order valence-corrected chi connectivity index (χ1v) is 23.2. The van der Waals surface area contributed by atoms with Crippen molar-refractivity contribution < 1.29 is 60.3 Å². The van der Waals surface area contributed by atoms with Gasteiger partial charge in [0.25, 0.3) is 0 Å². The SMILES string of the molecule is COC(=O)CCCCCCCCO[C@H]1O[C@@H]2COC(c3ccccc3)O[C@H]2[C@H](O)[C@H]1O[C@H]1O[C@H](COI)[C@@H](OCc2ccccc2)[C@H](OCc2ccccc2)[C@H]1OCc1ccccc1.